The predicted molar refractivity (Wildman–Crippen MR) is 77.4 cm³/mol. The summed E-state index contributed by atoms with van der Waals surface area (Å²) in [5, 5.41) is 7.83. The Labute approximate surface area is 112 Å². The van der Waals surface area contributed by atoms with Gasteiger partial charge in [0.2, 0.25) is 0 Å². The lowest BCUT2D eigenvalue weighted by Gasteiger charge is -2.23. The molecule has 1 aliphatic rings. The van der Waals surface area contributed by atoms with E-state index in [0.717, 1.165) is 30.9 Å². The number of nitrogens with two attached hydrogens (primary N) is 1. The van der Waals surface area contributed by atoms with Crippen LogP contribution in [0.1, 0.15) is 36.4 Å². The summed E-state index contributed by atoms with van der Waals surface area (Å²) in [4.78, 5) is 12.7. The van der Waals surface area contributed by atoms with Crippen molar-refractivity contribution in [3.05, 3.63) is 10.9 Å². The molecule has 2 rings (SSSR count). The van der Waals surface area contributed by atoms with Crippen LogP contribution in [0.15, 0.2) is 6.07 Å². The van der Waals surface area contributed by atoms with Crippen molar-refractivity contribution in [2.45, 2.75) is 32.7 Å². The second kappa shape index (κ2) is 5.71. The lowest BCUT2D eigenvalue weighted by Crippen LogP contribution is -2.35. The third-order valence-electron chi connectivity index (χ3n) is 3.19. The minimum Gasteiger partial charge on any atom is -0.397 e. The average Bonchev–Trinajstić information content (AvgIpc) is 2.70. The molecule has 18 heavy (non-hydrogen) atoms. The van der Waals surface area contributed by atoms with Crippen LogP contribution < -0.4 is 16.4 Å². The van der Waals surface area contributed by atoms with Crippen molar-refractivity contribution in [3.63, 3.8) is 0 Å². The third-order valence-corrected chi connectivity index (χ3v) is 4.29. The SMILES string of the molecule is CC(C)C(=O)c1sc(NC2CCNCC2)cc1N. The molecule has 1 aromatic rings. The zero-order valence-corrected chi connectivity index (χ0v) is 11.8. The average molecular weight is 267 g/mol. The summed E-state index contributed by atoms with van der Waals surface area (Å²) >= 11 is 1.48. The van der Waals surface area contributed by atoms with Crippen molar-refractivity contribution in [2.75, 3.05) is 24.1 Å². The highest BCUT2D eigenvalue weighted by Crippen LogP contribution is 2.32. The van der Waals surface area contributed by atoms with Crippen LogP contribution in [0.4, 0.5) is 10.7 Å². The van der Waals surface area contributed by atoms with Crippen LogP contribution in [0.3, 0.4) is 0 Å². The molecule has 1 aliphatic heterocycles. The Morgan fingerprint density at radius 1 is 1.50 bits per heavy atom. The highest BCUT2D eigenvalue weighted by Gasteiger charge is 2.19. The molecule has 0 amide bonds. The molecule has 0 bridgehead atoms. The van der Waals surface area contributed by atoms with E-state index in [0.29, 0.717) is 16.6 Å². The molecule has 100 valence electrons. The number of nitrogen functional groups attached to an aromatic ring is 1. The van der Waals surface area contributed by atoms with Crippen LogP contribution in [0.5, 0.6) is 0 Å². The molecule has 4 nitrogen and oxygen atoms in total. The van der Waals surface area contributed by atoms with Gasteiger partial charge >= 0.3 is 0 Å². The lowest BCUT2D eigenvalue weighted by atomic mass is 10.1. The van der Waals surface area contributed by atoms with E-state index in [2.05, 4.69) is 10.6 Å². The van der Waals surface area contributed by atoms with E-state index in [1.807, 2.05) is 19.9 Å². The number of Topliss-reactive ketones (excluding diaryl/α,β-unsaturated/α-hetero) is 1. The first-order valence-corrected chi connectivity index (χ1v) is 7.30. The molecule has 0 aliphatic carbocycles. The van der Waals surface area contributed by atoms with Crippen molar-refractivity contribution in [1.29, 1.82) is 0 Å². The number of ketones is 1. The van der Waals surface area contributed by atoms with Gasteiger partial charge in [0.1, 0.15) is 0 Å². The summed E-state index contributed by atoms with van der Waals surface area (Å²) in [7, 11) is 0. The lowest BCUT2D eigenvalue weighted by molar-refractivity contribution is 0.0944. The molecule has 1 aromatic heterocycles. The van der Waals surface area contributed by atoms with Crippen LogP contribution in [-0.2, 0) is 0 Å². The zero-order chi connectivity index (χ0) is 13.1. The van der Waals surface area contributed by atoms with Crippen molar-refractivity contribution >= 4 is 27.8 Å². The standard InChI is InChI=1S/C13H21N3OS/c1-8(2)12(17)13-10(14)7-11(18-13)16-9-3-5-15-6-4-9/h7-9,15-16H,3-6,14H2,1-2H3. The number of anilines is 2. The fourth-order valence-corrected chi connectivity index (χ4v) is 3.24. The molecular formula is C13H21N3OS. The summed E-state index contributed by atoms with van der Waals surface area (Å²) < 4.78 is 0. The van der Waals surface area contributed by atoms with Gasteiger partial charge in [-0.2, -0.15) is 0 Å². The van der Waals surface area contributed by atoms with E-state index in [9.17, 15) is 4.79 Å². The molecule has 0 unspecified atom stereocenters. The normalized spacial score (nSPS) is 17.1. The van der Waals surface area contributed by atoms with E-state index in [1.54, 1.807) is 0 Å². The molecule has 5 heteroatoms. The quantitative estimate of drug-likeness (QED) is 0.733. The predicted octanol–water partition coefficient (Wildman–Crippen LogP) is 2.33. The van der Waals surface area contributed by atoms with E-state index in [-0.39, 0.29) is 11.7 Å². The number of hydrogen-bond donors (Lipinski definition) is 3. The van der Waals surface area contributed by atoms with Gasteiger partial charge in [-0.25, -0.2) is 0 Å². The van der Waals surface area contributed by atoms with Crippen molar-refractivity contribution < 1.29 is 4.79 Å². The Bertz CT molecular complexity index is 422. The van der Waals surface area contributed by atoms with E-state index in [4.69, 9.17) is 5.73 Å². The summed E-state index contributed by atoms with van der Waals surface area (Å²) in [6.07, 6.45) is 2.23. The van der Waals surface area contributed by atoms with Gasteiger partial charge in [0.05, 0.1) is 15.6 Å². The van der Waals surface area contributed by atoms with Gasteiger partial charge in [0, 0.05) is 12.0 Å². The molecule has 1 saturated heterocycles. The topological polar surface area (TPSA) is 67.2 Å². The molecule has 0 saturated carbocycles. The van der Waals surface area contributed by atoms with Crippen LogP contribution in [-0.4, -0.2) is 24.9 Å². The monoisotopic (exact) mass is 267 g/mol. The van der Waals surface area contributed by atoms with Gasteiger partial charge in [-0.3, -0.25) is 4.79 Å². The Hall–Kier alpha value is -1.07. The highest BCUT2D eigenvalue weighted by molar-refractivity contribution is 7.18. The maximum Gasteiger partial charge on any atom is 0.177 e. The third kappa shape index (κ3) is 3.03. The maximum absolute atomic E-state index is 12.0. The van der Waals surface area contributed by atoms with Crippen molar-refractivity contribution in [2.24, 2.45) is 5.92 Å². The van der Waals surface area contributed by atoms with Gasteiger partial charge < -0.3 is 16.4 Å². The van der Waals surface area contributed by atoms with Crippen LogP contribution in [0.2, 0.25) is 0 Å². The Kier molecular flexibility index (Phi) is 4.24. The second-order valence-electron chi connectivity index (χ2n) is 5.08. The van der Waals surface area contributed by atoms with Crippen LogP contribution in [0.25, 0.3) is 0 Å². The van der Waals surface area contributed by atoms with Crippen molar-refractivity contribution in [1.82, 2.24) is 5.32 Å². The minimum absolute atomic E-state index is 0.00215. The Balaban J connectivity index is 2.06. The smallest absolute Gasteiger partial charge is 0.177 e. The number of carbonyl (C=O) groups excluding carboxylic acids is 1. The first kappa shape index (κ1) is 13.4. The van der Waals surface area contributed by atoms with Gasteiger partial charge in [-0.15, -0.1) is 11.3 Å². The van der Waals surface area contributed by atoms with Gasteiger partial charge in [0.15, 0.2) is 5.78 Å². The molecule has 4 N–H and O–H groups in total. The summed E-state index contributed by atoms with van der Waals surface area (Å²) in [5.41, 5.74) is 6.53. The second-order valence-corrected chi connectivity index (χ2v) is 6.13. The summed E-state index contributed by atoms with van der Waals surface area (Å²) in [5.74, 6) is 0.133. The molecule has 0 aromatic carbocycles. The molecule has 0 atom stereocenters. The van der Waals surface area contributed by atoms with E-state index >= 15 is 0 Å². The Morgan fingerprint density at radius 2 is 2.17 bits per heavy atom. The maximum atomic E-state index is 12.0. The van der Waals surface area contributed by atoms with Crippen LogP contribution >= 0.6 is 11.3 Å². The fourth-order valence-electron chi connectivity index (χ4n) is 2.10. The number of piperidine rings is 1. The summed E-state index contributed by atoms with van der Waals surface area (Å²) in [6.45, 7) is 5.91. The largest absolute Gasteiger partial charge is 0.397 e. The van der Waals surface area contributed by atoms with Gasteiger partial charge in [-0.1, -0.05) is 13.8 Å². The molecule has 0 radical (unpaired) electrons. The molecular weight excluding hydrogens is 246 g/mol. The summed E-state index contributed by atoms with van der Waals surface area (Å²) in [6, 6.07) is 2.38. The number of hydrogen-bond acceptors (Lipinski definition) is 5. The van der Waals surface area contributed by atoms with Gasteiger partial charge in [0.25, 0.3) is 0 Å². The highest BCUT2D eigenvalue weighted by atomic mass is 32.1. The fraction of sp³-hybridized carbons (Fsp3) is 0.615. The minimum atomic E-state index is -0.00215. The van der Waals surface area contributed by atoms with Crippen LogP contribution in [0, 0.1) is 5.92 Å². The zero-order valence-electron chi connectivity index (χ0n) is 11.0. The number of nitrogens with one attached hydrogen (secondary N) is 2. The molecule has 0 spiro atoms. The Morgan fingerprint density at radius 3 is 2.78 bits per heavy atom. The number of rotatable bonds is 4. The van der Waals surface area contributed by atoms with Gasteiger partial charge in [-0.05, 0) is 32.0 Å². The number of carbonyl (C=O) groups is 1. The first-order valence-electron chi connectivity index (χ1n) is 6.48. The molecule has 1 fully saturated rings. The van der Waals surface area contributed by atoms with Crippen molar-refractivity contribution in [3.8, 4) is 0 Å². The first-order chi connectivity index (χ1) is 8.58. The molecule has 2 heterocycles. The number of thiophene rings is 1. The van der Waals surface area contributed by atoms with E-state index < -0.39 is 0 Å². The van der Waals surface area contributed by atoms with E-state index in [1.165, 1.54) is 11.3 Å².